The minimum absolute atomic E-state index is 0.0346. The number of aryl methyl sites for hydroxylation is 1. The Bertz CT molecular complexity index is 1060. The molecule has 0 saturated carbocycles. The Morgan fingerprint density at radius 3 is 2.61 bits per heavy atom. The van der Waals surface area contributed by atoms with E-state index in [-0.39, 0.29) is 6.42 Å². The van der Waals surface area contributed by atoms with E-state index in [9.17, 15) is 4.79 Å². The maximum atomic E-state index is 12.3. The van der Waals surface area contributed by atoms with Gasteiger partial charge in [-0.3, -0.25) is 4.79 Å². The number of aromatic nitrogens is 2. The molecule has 0 aliphatic heterocycles. The molecule has 0 atom stereocenters. The fourth-order valence-electron chi connectivity index (χ4n) is 2.51. The average molecular weight is 392 g/mol. The molecule has 7 heteroatoms. The molecule has 0 fully saturated rings. The summed E-state index contributed by atoms with van der Waals surface area (Å²) in [6.45, 7) is 1.79. The summed E-state index contributed by atoms with van der Waals surface area (Å²) in [7, 11) is 0. The molecule has 0 radical (unpaired) electrons. The zero-order valence-corrected chi connectivity index (χ0v) is 15.8. The lowest BCUT2D eigenvalue weighted by molar-refractivity contribution is -0.133. The van der Waals surface area contributed by atoms with Crippen molar-refractivity contribution in [2.75, 3.05) is 0 Å². The van der Waals surface area contributed by atoms with E-state index in [1.165, 1.54) is 11.3 Å². The highest BCUT2D eigenvalue weighted by atomic mass is 32.1. The Balaban J connectivity index is 1.37. The fourth-order valence-corrected chi connectivity index (χ4v) is 3.15. The van der Waals surface area contributed by atoms with Crippen LogP contribution < -0.4 is 9.47 Å². The average Bonchev–Trinajstić information content (AvgIpc) is 3.35. The number of esters is 1. The van der Waals surface area contributed by atoms with Gasteiger partial charge in [0.1, 0.15) is 17.3 Å². The highest BCUT2D eigenvalue weighted by molar-refractivity contribution is 7.13. The number of thiophene rings is 1. The summed E-state index contributed by atoms with van der Waals surface area (Å²) in [6, 6.07) is 16.0. The van der Waals surface area contributed by atoms with E-state index in [4.69, 9.17) is 13.9 Å². The predicted molar refractivity (Wildman–Crippen MR) is 105 cm³/mol. The first kappa shape index (κ1) is 17.9. The van der Waals surface area contributed by atoms with Crippen molar-refractivity contribution in [2.24, 2.45) is 0 Å². The predicted octanol–water partition coefficient (Wildman–Crippen LogP) is 5.05. The van der Waals surface area contributed by atoms with Crippen LogP contribution in [0.1, 0.15) is 11.5 Å². The van der Waals surface area contributed by atoms with Crippen molar-refractivity contribution >= 4 is 17.3 Å². The molecule has 1 aromatic carbocycles. The van der Waals surface area contributed by atoms with Crippen molar-refractivity contribution in [3.8, 4) is 28.1 Å². The number of benzene rings is 1. The van der Waals surface area contributed by atoms with Gasteiger partial charge in [-0.05, 0) is 48.7 Å². The number of ether oxygens (including phenoxy) is 2. The molecule has 3 aromatic heterocycles. The van der Waals surface area contributed by atoms with Gasteiger partial charge in [0.2, 0.25) is 11.8 Å². The normalized spacial score (nSPS) is 10.6. The van der Waals surface area contributed by atoms with Crippen molar-refractivity contribution in [1.29, 1.82) is 0 Å². The Morgan fingerprint density at radius 1 is 1.07 bits per heavy atom. The monoisotopic (exact) mass is 392 g/mol. The van der Waals surface area contributed by atoms with Gasteiger partial charge in [0.25, 0.3) is 0 Å². The smallest absolute Gasteiger partial charge is 0.317 e. The molecule has 0 bridgehead atoms. The van der Waals surface area contributed by atoms with E-state index in [1.54, 1.807) is 43.5 Å². The highest BCUT2D eigenvalue weighted by Crippen LogP contribution is 2.26. The molecule has 0 amide bonds. The summed E-state index contributed by atoms with van der Waals surface area (Å²) < 4.78 is 16.7. The van der Waals surface area contributed by atoms with Crippen LogP contribution in [0.15, 0.2) is 70.6 Å². The SMILES string of the molecule is Cc1oc(-c2cccs2)nc1CC(=O)Oc1ccc(Oc2ccccn2)cc1. The van der Waals surface area contributed by atoms with Crippen molar-refractivity contribution < 1.29 is 18.7 Å². The van der Waals surface area contributed by atoms with Crippen molar-refractivity contribution in [3.63, 3.8) is 0 Å². The Labute approximate surface area is 165 Å². The maximum Gasteiger partial charge on any atom is 0.317 e. The van der Waals surface area contributed by atoms with Gasteiger partial charge in [-0.1, -0.05) is 12.1 Å². The Hall–Kier alpha value is -3.45. The van der Waals surface area contributed by atoms with Gasteiger partial charge in [0.15, 0.2) is 0 Å². The summed E-state index contributed by atoms with van der Waals surface area (Å²) in [4.78, 5) is 21.7. The maximum absolute atomic E-state index is 12.3. The van der Waals surface area contributed by atoms with Gasteiger partial charge in [-0.15, -0.1) is 11.3 Å². The second-order valence-corrected chi connectivity index (χ2v) is 6.84. The first-order chi connectivity index (χ1) is 13.7. The summed E-state index contributed by atoms with van der Waals surface area (Å²) in [6.07, 6.45) is 1.69. The molecule has 6 nitrogen and oxygen atoms in total. The minimum Gasteiger partial charge on any atom is -0.440 e. The second-order valence-electron chi connectivity index (χ2n) is 5.89. The quantitative estimate of drug-likeness (QED) is 0.338. The lowest BCUT2D eigenvalue weighted by Crippen LogP contribution is -2.12. The van der Waals surface area contributed by atoms with Crippen LogP contribution in [0.3, 0.4) is 0 Å². The summed E-state index contributed by atoms with van der Waals surface area (Å²) >= 11 is 1.53. The molecular formula is C21H16N2O4S. The second kappa shape index (κ2) is 8.06. The molecule has 0 spiro atoms. The van der Waals surface area contributed by atoms with Crippen LogP contribution in [0, 0.1) is 6.92 Å². The zero-order valence-electron chi connectivity index (χ0n) is 15.0. The number of pyridine rings is 1. The van der Waals surface area contributed by atoms with Crippen LogP contribution in [-0.4, -0.2) is 15.9 Å². The molecule has 4 rings (SSSR count). The number of oxazole rings is 1. The summed E-state index contributed by atoms with van der Waals surface area (Å²) in [5, 5.41) is 1.95. The van der Waals surface area contributed by atoms with Gasteiger partial charge < -0.3 is 13.9 Å². The first-order valence-electron chi connectivity index (χ1n) is 8.57. The van der Waals surface area contributed by atoms with E-state index < -0.39 is 5.97 Å². The van der Waals surface area contributed by atoms with Crippen molar-refractivity contribution in [2.45, 2.75) is 13.3 Å². The molecule has 0 aliphatic carbocycles. The van der Waals surface area contributed by atoms with Gasteiger partial charge >= 0.3 is 5.97 Å². The van der Waals surface area contributed by atoms with E-state index in [0.717, 1.165) is 4.88 Å². The third-order valence-corrected chi connectivity index (χ3v) is 4.71. The summed E-state index contributed by atoms with van der Waals surface area (Å²) in [5.74, 6) is 2.25. The Morgan fingerprint density at radius 2 is 1.89 bits per heavy atom. The van der Waals surface area contributed by atoms with Crippen LogP contribution in [0.25, 0.3) is 10.8 Å². The lowest BCUT2D eigenvalue weighted by Gasteiger charge is -2.06. The van der Waals surface area contributed by atoms with Crippen molar-refractivity contribution in [3.05, 3.63) is 77.6 Å². The van der Waals surface area contributed by atoms with Gasteiger partial charge in [0.05, 0.1) is 17.0 Å². The zero-order chi connectivity index (χ0) is 19.3. The van der Waals surface area contributed by atoms with E-state index >= 15 is 0 Å². The third kappa shape index (κ3) is 4.27. The highest BCUT2D eigenvalue weighted by Gasteiger charge is 2.16. The molecule has 4 aromatic rings. The van der Waals surface area contributed by atoms with Crippen molar-refractivity contribution in [1.82, 2.24) is 9.97 Å². The number of carbonyl (C=O) groups excluding carboxylic acids is 1. The number of carbonyl (C=O) groups is 1. The van der Waals surface area contributed by atoms with Gasteiger partial charge in [-0.25, -0.2) is 9.97 Å². The molecule has 0 N–H and O–H groups in total. The van der Waals surface area contributed by atoms with Crippen LogP contribution in [0.5, 0.6) is 17.4 Å². The molecule has 0 aliphatic rings. The number of rotatable bonds is 6. The lowest BCUT2D eigenvalue weighted by atomic mass is 10.2. The largest absolute Gasteiger partial charge is 0.440 e. The fraction of sp³-hybridized carbons (Fsp3) is 0.0952. The van der Waals surface area contributed by atoms with Gasteiger partial charge in [-0.2, -0.15) is 0 Å². The number of nitrogens with zero attached hydrogens (tertiary/aromatic N) is 2. The number of hydrogen-bond donors (Lipinski definition) is 0. The molecule has 0 unspecified atom stereocenters. The summed E-state index contributed by atoms with van der Waals surface area (Å²) in [5.41, 5.74) is 0.573. The molecule has 140 valence electrons. The minimum atomic E-state index is -0.410. The Kier molecular flexibility index (Phi) is 5.16. The molecule has 28 heavy (non-hydrogen) atoms. The van der Waals surface area contributed by atoms with E-state index in [2.05, 4.69) is 9.97 Å². The van der Waals surface area contributed by atoms with Crippen LogP contribution in [0.2, 0.25) is 0 Å². The third-order valence-electron chi connectivity index (χ3n) is 3.85. The number of hydrogen-bond acceptors (Lipinski definition) is 7. The van der Waals surface area contributed by atoms with Crippen LogP contribution in [-0.2, 0) is 11.2 Å². The van der Waals surface area contributed by atoms with Crippen LogP contribution in [0.4, 0.5) is 0 Å². The molecule has 3 heterocycles. The molecule has 0 saturated heterocycles. The first-order valence-corrected chi connectivity index (χ1v) is 9.45. The van der Waals surface area contributed by atoms with E-state index in [0.29, 0.717) is 34.7 Å². The molecular weight excluding hydrogens is 376 g/mol. The standard InChI is InChI=1S/C21H16N2O4S/c1-14-17(23-21(25-14)18-5-4-12-28-18)13-20(24)27-16-9-7-15(8-10-16)26-19-6-2-3-11-22-19/h2-12H,13H2,1H3. The van der Waals surface area contributed by atoms with E-state index in [1.807, 2.05) is 29.6 Å². The van der Waals surface area contributed by atoms with Crippen LogP contribution >= 0.6 is 11.3 Å². The van der Waals surface area contributed by atoms with Gasteiger partial charge in [0, 0.05) is 12.3 Å². The topological polar surface area (TPSA) is 74.5 Å².